The second-order valence-corrected chi connectivity index (χ2v) is 4.02. The molecule has 2 aliphatic carbocycles. The monoisotopic (exact) mass is 228 g/mol. The van der Waals surface area contributed by atoms with Gasteiger partial charge in [0.05, 0.1) is 0 Å². The van der Waals surface area contributed by atoms with Gasteiger partial charge in [0.1, 0.15) is 0 Å². The molecule has 72 valence electrons. The summed E-state index contributed by atoms with van der Waals surface area (Å²) in [6.45, 7) is 0. The molecule has 15 heavy (non-hydrogen) atoms. The van der Waals surface area contributed by atoms with E-state index in [-0.39, 0.29) is 71.0 Å². The molecule has 0 N–H and O–H groups in total. The van der Waals surface area contributed by atoms with Crippen molar-refractivity contribution in [3.8, 4) is 0 Å². The summed E-state index contributed by atoms with van der Waals surface area (Å²) in [6, 6.07) is 0. The summed E-state index contributed by atoms with van der Waals surface area (Å²) in [4.78, 5) is 21.4. The van der Waals surface area contributed by atoms with Crippen molar-refractivity contribution < 1.29 is 78.9 Å². The molecule has 6 heteroatoms. The minimum Gasteiger partial charge on any atom is -0.550 e. The molecule has 0 unspecified atom stereocenters. The third-order valence-electron chi connectivity index (χ3n) is 3.46. The molecule has 0 amide bonds. The van der Waals surface area contributed by atoms with E-state index in [1.807, 2.05) is 0 Å². The van der Waals surface area contributed by atoms with Crippen molar-refractivity contribution in [3.05, 3.63) is 0 Å². The number of fused-ring (bicyclic) bond motifs is 2. The second kappa shape index (κ2) is 6.03. The van der Waals surface area contributed by atoms with Gasteiger partial charge >= 0.3 is 59.1 Å². The Hall–Kier alpha value is 0.940. The van der Waals surface area contributed by atoms with Gasteiger partial charge in [-0.3, -0.25) is 0 Å². The quantitative estimate of drug-likeness (QED) is 0.440. The fourth-order valence-corrected chi connectivity index (χ4v) is 2.97. The Morgan fingerprint density at radius 2 is 1.20 bits per heavy atom. The third-order valence-corrected chi connectivity index (χ3v) is 3.46. The van der Waals surface area contributed by atoms with Crippen molar-refractivity contribution in [1.82, 2.24) is 0 Å². The first-order valence-electron chi connectivity index (χ1n) is 4.53. The number of carbonyl (C=O) groups is 2. The minimum absolute atomic E-state index is 0. The maximum atomic E-state index is 10.7. The molecule has 0 aromatic rings. The van der Waals surface area contributed by atoms with Crippen LogP contribution in [-0.2, 0) is 9.59 Å². The van der Waals surface area contributed by atoms with Crippen LogP contribution in [0.15, 0.2) is 0 Å². The van der Waals surface area contributed by atoms with E-state index in [0.717, 1.165) is 19.3 Å². The summed E-state index contributed by atoms with van der Waals surface area (Å²) in [6.07, 6.45) is 2.37. The smallest absolute Gasteiger partial charge is 0.550 e. The first-order chi connectivity index (χ1) is 6.11. The average molecular weight is 228 g/mol. The standard InChI is InChI=1S/C9H12O4.2Na/c10-8(11)6-4-1-2-5(3-4)7(6)9(12)13;;/h4-7H,1-3H2,(H,10,11)(H,12,13);;/q;2*+1/p-2/t4-,5+,6+,7-;;. The molecule has 2 rings (SSSR count). The van der Waals surface area contributed by atoms with Gasteiger partial charge in [0.2, 0.25) is 0 Å². The van der Waals surface area contributed by atoms with E-state index in [0.29, 0.717) is 0 Å². The molecular weight excluding hydrogens is 218 g/mol. The Balaban J connectivity index is 0.000000980. The molecule has 2 fully saturated rings. The van der Waals surface area contributed by atoms with Crippen LogP contribution in [0.4, 0.5) is 0 Å². The van der Waals surface area contributed by atoms with Gasteiger partial charge < -0.3 is 19.8 Å². The number of carboxylic acid groups (broad SMARTS) is 2. The van der Waals surface area contributed by atoms with Gasteiger partial charge in [0.25, 0.3) is 0 Å². The summed E-state index contributed by atoms with van der Waals surface area (Å²) in [5.41, 5.74) is 0. The van der Waals surface area contributed by atoms with E-state index in [4.69, 9.17) is 0 Å². The van der Waals surface area contributed by atoms with Crippen molar-refractivity contribution in [2.75, 3.05) is 0 Å². The van der Waals surface area contributed by atoms with Crippen molar-refractivity contribution in [3.63, 3.8) is 0 Å². The van der Waals surface area contributed by atoms with Crippen molar-refractivity contribution in [2.45, 2.75) is 19.3 Å². The summed E-state index contributed by atoms with van der Waals surface area (Å²) in [7, 11) is 0. The zero-order valence-electron chi connectivity index (χ0n) is 9.06. The zero-order chi connectivity index (χ0) is 9.59. The number of carbonyl (C=O) groups excluding carboxylic acids is 2. The number of aliphatic carboxylic acids is 2. The minimum atomic E-state index is -1.22. The Morgan fingerprint density at radius 3 is 1.47 bits per heavy atom. The van der Waals surface area contributed by atoms with Crippen molar-refractivity contribution >= 4 is 11.9 Å². The van der Waals surface area contributed by atoms with Crippen LogP contribution >= 0.6 is 0 Å². The van der Waals surface area contributed by atoms with Crippen LogP contribution < -0.4 is 69.3 Å². The molecule has 4 atom stereocenters. The van der Waals surface area contributed by atoms with E-state index in [9.17, 15) is 19.8 Å². The van der Waals surface area contributed by atoms with Crippen LogP contribution in [0.25, 0.3) is 0 Å². The Morgan fingerprint density at radius 1 is 0.867 bits per heavy atom. The van der Waals surface area contributed by atoms with Gasteiger partial charge in [0, 0.05) is 23.8 Å². The fraction of sp³-hybridized carbons (Fsp3) is 0.778. The van der Waals surface area contributed by atoms with Gasteiger partial charge in [-0.1, -0.05) is 0 Å². The van der Waals surface area contributed by atoms with Crippen LogP contribution in [-0.4, -0.2) is 11.9 Å². The van der Waals surface area contributed by atoms with Gasteiger partial charge in [0.15, 0.2) is 0 Å². The number of hydrogen-bond donors (Lipinski definition) is 0. The molecule has 0 spiro atoms. The average Bonchev–Trinajstić information content (AvgIpc) is 2.60. The summed E-state index contributed by atoms with van der Waals surface area (Å²) in [5.74, 6) is -4.02. The third kappa shape index (κ3) is 2.79. The maximum Gasteiger partial charge on any atom is 1.00 e. The van der Waals surface area contributed by atoms with Gasteiger partial charge in [-0.05, 0) is 31.1 Å². The summed E-state index contributed by atoms with van der Waals surface area (Å²) >= 11 is 0. The van der Waals surface area contributed by atoms with E-state index in [1.165, 1.54) is 0 Å². The molecule has 4 nitrogen and oxygen atoms in total. The zero-order valence-corrected chi connectivity index (χ0v) is 13.1. The Labute approximate surface area is 132 Å². The molecule has 0 aromatic carbocycles. The summed E-state index contributed by atoms with van der Waals surface area (Å²) < 4.78 is 0. The van der Waals surface area contributed by atoms with E-state index in [1.54, 1.807) is 0 Å². The molecule has 0 radical (unpaired) electrons. The topological polar surface area (TPSA) is 80.3 Å². The SMILES string of the molecule is O=C([O-])[C@@H]1[C@H]2CC[C@H](C2)[C@@H]1C(=O)[O-].[Na+].[Na+]. The normalized spacial score (nSPS) is 36.5. The van der Waals surface area contributed by atoms with Crippen LogP contribution in [0, 0.1) is 23.7 Å². The number of carboxylic acids is 2. The van der Waals surface area contributed by atoms with E-state index in [2.05, 4.69) is 0 Å². The summed E-state index contributed by atoms with van der Waals surface area (Å²) in [5, 5.41) is 21.4. The maximum absolute atomic E-state index is 10.7. The predicted octanol–water partition coefficient (Wildman–Crippen LogP) is -7.84. The molecule has 2 saturated carbocycles. The molecule has 0 heterocycles. The largest absolute Gasteiger partial charge is 1.00 e. The fourth-order valence-electron chi connectivity index (χ4n) is 2.97. The van der Waals surface area contributed by atoms with Crippen LogP contribution in [0.2, 0.25) is 0 Å². The number of hydrogen-bond acceptors (Lipinski definition) is 4. The van der Waals surface area contributed by atoms with Crippen molar-refractivity contribution in [2.24, 2.45) is 23.7 Å². The Bertz CT molecular complexity index is 243. The van der Waals surface area contributed by atoms with Gasteiger partial charge in [-0.15, -0.1) is 0 Å². The Kier molecular flexibility index (Phi) is 6.41. The predicted molar refractivity (Wildman–Crippen MR) is 37.8 cm³/mol. The second-order valence-electron chi connectivity index (χ2n) is 4.02. The number of rotatable bonds is 2. The van der Waals surface area contributed by atoms with E-state index >= 15 is 0 Å². The molecule has 2 bridgehead atoms. The van der Waals surface area contributed by atoms with Crippen LogP contribution in [0.5, 0.6) is 0 Å². The van der Waals surface area contributed by atoms with Crippen LogP contribution in [0.1, 0.15) is 19.3 Å². The first-order valence-corrected chi connectivity index (χ1v) is 4.53. The first kappa shape index (κ1) is 15.9. The molecule has 0 aliphatic heterocycles. The van der Waals surface area contributed by atoms with Crippen molar-refractivity contribution in [1.29, 1.82) is 0 Å². The molecule has 0 aromatic heterocycles. The van der Waals surface area contributed by atoms with Gasteiger partial charge in [-0.25, -0.2) is 0 Å². The van der Waals surface area contributed by atoms with E-state index < -0.39 is 23.8 Å². The van der Waals surface area contributed by atoms with Gasteiger partial charge in [-0.2, -0.15) is 0 Å². The molecule has 0 saturated heterocycles. The molecular formula is C9H10Na2O4. The molecule has 2 aliphatic rings. The van der Waals surface area contributed by atoms with Crippen LogP contribution in [0.3, 0.4) is 0 Å².